The monoisotopic (exact) mass is 565 g/mol. The number of imidazole rings is 1. The Bertz CT molecular complexity index is 1420. The molecule has 3 aromatic rings. The van der Waals surface area contributed by atoms with E-state index in [2.05, 4.69) is 39.1 Å². The standard InChI is InChI=1S/C29H36ClN7O3/c1-16-6-8-18(9-7-16)14-36-26-21(33-28(36)37-17(2)15-39-24-5-3-4-23(24)37)11-22(27-34-29(38)40-35-27)32-25(26)19-10-20(30)13-31-12-19/h10-13,16-18,23-24,27,35H,3-9,14-15H2,1-2H3,(H,34,38)/t16?,17?,18?,23-,24-,27?/m1/s1. The van der Waals surface area contributed by atoms with Crippen molar-refractivity contribution in [3.8, 4) is 11.3 Å². The molecule has 7 rings (SSSR count). The molecule has 2 unspecified atom stereocenters. The predicted octanol–water partition coefficient (Wildman–Crippen LogP) is 5.36. The van der Waals surface area contributed by atoms with Gasteiger partial charge in [-0.2, -0.15) is 0 Å². The number of carbonyl (C=O) groups excluding carboxylic acids is 1. The third-order valence-corrected chi connectivity index (χ3v) is 9.35. The number of morpholine rings is 1. The predicted molar refractivity (Wildman–Crippen MR) is 152 cm³/mol. The molecule has 0 spiro atoms. The van der Waals surface area contributed by atoms with Crippen molar-refractivity contribution in [2.75, 3.05) is 11.5 Å². The molecule has 0 radical (unpaired) electrons. The molecule has 40 heavy (non-hydrogen) atoms. The second-order valence-electron chi connectivity index (χ2n) is 12.0. The molecule has 1 amide bonds. The molecule has 10 nitrogen and oxygen atoms in total. The summed E-state index contributed by atoms with van der Waals surface area (Å²) >= 11 is 6.42. The van der Waals surface area contributed by atoms with Gasteiger partial charge in [-0.3, -0.25) is 10.3 Å². The summed E-state index contributed by atoms with van der Waals surface area (Å²) in [5.74, 6) is 2.33. The summed E-state index contributed by atoms with van der Waals surface area (Å²) in [6.45, 7) is 6.17. The lowest BCUT2D eigenvalue weighted by atomic mass is 9.83. The lowest BCUT2D eigenvalue weighted by Crippen LogP contribution is -2.54. The van der Waals surface area contributed by atoms with Crippen LogP contribution in [0.1, 0.15) is 70.7 Å². The summed E-state index contributed by atoms with van der Waals surface area (Å²) in [5.41, 5.74) is 6.72. The normalized spacial score (nSPS) is 30.4. The molecule has 2 aliphatic heterocycles. The topological polar surface area (TPSA) is 106 Å². The van der Waals surface area contributed by atoms with Crippen LogP contribution >= 0.6 is 11.6 Å². The number of ether oxygens (including phenoxy) is 1. The SMILES string of the molecule is CC1CCC(Cn2c(N3C(C)CO[C@@H]4CCC[C@H]43)nc3cc(C4NOC(=O)N4)nc(-c4cncc(Cl)c4)c32)CC1. The molecule has 3 aromatic heterocycles. The highest BCUT2D eigenvalue weighted by Crippen LogP contribution is 2.41. The van der Waals surface area contributed by atoms with E-state index in [1.165, 1.54) is 25.7 Å². The van der Waals surface area contributed by atoms with E-state index in [0.717, 1.165) is 60.0 Å². The van der Waals surface area contributed by atoms with Gasteiger partial charge in [0.25, 0.3) is 0 Å². The third-order valence-electron chi connectivity index (χ3n) is 9.14. The molecule has 11 heteroatoms. The Morgan fingerprint density at radius 2 is 1.93 bits per heavy atom. The van der Waals surface area contributed by atoms with Crippen LogP contribution < -0.4 is 15.7 Å². The van der Waals surface area contributed by atoms with Gasteiger partial charge in [0.2, 0.25) is 5.95 Å². The van der Waals surface area contributed by atoms with Gasteiger partial charge in [0.15, 0.2) is 6.17 Å². The smallest absolute Gasteiger partial charge is 0.374 e. The zero-order chi connectivity index (χ0) is 27.4. The fourth-order valence-corrected chi connectivity index (χ4v) is 7.23. The fraction of sp³-hybridized carbons (Fsp3) is 0.586. The minimum Gasteiger partial charge on any atom is -0.374 e. The van der Waals surface area contributed by atoms with Crippen LogP contribution in [-0.2, 0) is 16.1 Å². The Morgan fingerprint density at radius 3 is 2.70 bits per heavy atom. The molecule has 4 atom stereocenters. The highest BCUT2D eigenvalue weighted by atomic mass is 35.5. The molecule has 212 valence electrons. The van der Waals surface area contributed by atoms with Gasteiger partial charge in [-0.05, 0) is 63.0 Å². The maximum atomic E-state index is 11.9. The van der Waals surface area contributed by atoms with Crippen LogP contribution in [0, 0.1) is 11.8 Å². The van der Waals surface area contributed by atoms with Crippen LogP contribution in [0.4, 0.5) is 10.7 Å². The number of pyridine rings is 2. The van der Waals surface area contributed by atoms with Crippen molar-refractivity contribution in [1.29, 1.82) is 0 Å². The minimum absolute atomic E-state index is 0.203. The van der Waals surface area contributed by atoms with Crippen molar-refractivity contribution >= 4 is 34.7 Å². The summed E-state index contributed by atoms with van der Waals surface area (Å²) in [4.78, 5) is 34.1. The van der Waals surface area contributed by atoms with Gasteiger partial charge >= 0.3 is 6.09 Å². The molecule has 0 bridgehead atoms. The number of rotatable bonds is 5. The van der Waals surface area contributed by atoms with E-state index in [4.69, 9.17) is 31.1 Å². The van der Waals surface area contributed by atoms with Crippen molar-refractivity contribution in [1.82, 2.24) is 30.3 Å². The lowest BCUT2D eigenvalue weighted by molar-refractivity contribution is 0.00642. The number of amides is 1. The summed E-state index contributed by atoms with van der Waals surface area (Å²) in [6, 6.07) is 4.36. The molecule has 0 aromatic carbocycles. The van der Waals surface area contributed by atoms with Gasteiger partial charge < -0.3 is 19.0 Å². The number of nitrogens with zero attached hydrogens (tertiary/aromatic N) is 5. The molecule has 2 N–H and O–H groups in total. The fourth-order valence-electron chi connectivity index (χ4n) is 7.05. The molecule has 5 heterocycles. The van der Waals surface area contributed by atoms with Gasteiger partial charge in [0.1, 0.15) is 0 Å². The molecular weight excluding hydrogens is 530 g/mol. The number of anilines is 1. The highest BCUT2D eigenvalue weighted by molar-refractivity contribution is 6.30. The Kier molecular flexibility index (Phi) is 6.80. The van der Waals surface area contributed by atoms with Crippen LogP contribution in [0.25, 0.3) is 22.3 Å². The summed E-state index contributed by atoms with van der Waals surface area (Å²) in [5, 5.41) is 3.32. The van der Waals surface area contributed by atoms with E-state index >= 15 is 0 Å². The van der Waals surface area contributed by atoms with E-state index < -0.39 is 12.3 Å². The lowest BCUT2D eigenvalue weighted by Gasteiger charge is -2.43. The molecule has 4 aliphatic rings. The molecule has 2 aliphatic carbocycles. The van der Waals surface area contributed by atoms with Crippen LogP contribution in [0.3, 0.4) is 0 Å². The number of halogens is 1. The molecular formula is C29H36ClN7O3. The van der Waals surface area contributed by atoms with E-state index in [1.807, 2.05) is 12.1 Å². The van der Waals surface area contributed by atoms with E-state index in [1.54, 1.807) is 12.4 Å². The first-order valence-electron chi connectivity index (χ1n) is 14.6. The minimum atomic E-state index is -0.585. The number of fused-ring (bicyclic) bond motifs is 2. The molecule has 4 fully saturated rings. The Hall–Kier alpha value is -2.95. The average molecular weight is 566 g/mol. The van der Waals surface area contributed by atoms with Crippen LogP contribution in [-0.4, -0.2) is 50.4 Å². The number of hydrogen-bond donors (Lipinski definition) is 2. The second kappa shape index (κ2) is 10.5. The van der Waals surface area contributed by atoms with Crippen LogP contribution in [0.5, 0.6) is 0 Å². The summed E-state index contributed by atoms with van der Waals surface area (Å²) < 4.78 is 8.68. The molecule has 2 saturated carbocycles. The van der Waals surface area contributed by atoms with E-state index in [-0.39, 0.29) is 12.1 Å². The highest BCUT2D eigenvalue weighted by Gasteiger charge is 2.42. The van der Waals surface area contributed by atoms with Crippen molar-refractivity contribution < 1.29 is 14.4 Å². The van der Waals surface area contributed by atoms with Gasteiger partial charge in [-0.1, -0.05) is 31.4 Å². The van der Waals surface area contributed by atoms with Crippen molar-refractivity contribution in [3.63, 3.8) is 0 Å². The number of hydrogen-bond acceptors (Lipinski definition) is 8. The summed E-state index contributed by atoms with van der Waals surface area (Å²) in [6.07, 6.45) is 10.8. The zero-order valence-electron chi connectivity index (χ0n) is 23.0. The summed E-state index contributed by atoms with van der Waals surface area (Å²) in [7, 11) is 0. The first-order valence-corrected chi connectivity index (χ1v) is 15.0. The van der Waals surface area contributed by atoms with Crippen LogP contribution in [0.15, 0.2) is 24.5 Å². The maximum absolute atomic E-state index is 11.9. The first kappa shape index (κ1) is 26.0. The largest absolute Gasteiger partial charge is 0.427 e. The third kappa shape index (κ3) is 4.69. The number of hydroxylamine groups is 1. The Morgan fingerprint density at radius 1 is 1.07 bits per heavy atom. The van der Waals surface area contributed by atoms with Gasteiger partial charge in [0, 0.05) is 24.5 Å². The van der Waals surface area contributed by atoms with Gasteiger partial charge in [-0.25, -0.2) is 14.8 Å². The van der Waals surface area contributed by atoms with Crippen molar-refractivity contribution in [3.05, 3.63) is 35.2 Å². The van der Waals surface area contributed by atoms with Crippen molar-refractivity contribution in [2.45, 2.75) is 89.7 Å². The van der Waals surface area contributed by atoms with Gasteiger partial charge in [0.05, 0.1) is 52.2 Å². The van der Waals surface area contributed by atoms with E-state index in [9.17, 15) is 4.79 Å². The number of aromatic nitrogens is 4. The van der Waals surface area contributed by atoms with Crippen LogP contribution in [0.2, 0.25) is 5.02 Å². The van der Waals surface area contributed by atoms with Gasteiger partial charge in [-0.15, -0.1) is 5.48 Å². The zero-order valence-corrected chi connectivity index (χ0v) is 23.7. The maximum Gasteiger partial charge on any atom is 0.427 e. The van der Waals surface area contributed by atoms with E-state index in [0.29, 0.717) is 29.3 Å². The number of carbonyl (C=O) groups is 1. The number of nitrogens with one attached hydrogen (secondary N) is 2. The Balaban J connectivity index is 1.43. The van der Waals surface area contributed by atoms with Crippen molar-refractivity contribution in [2.24, 2.45) is 11.8 Å². The molecule has 2 saturated heterocycles. The Labute approximate surface area is 238 Å². The quantitative estimate of drug-likeness (QED) is 0.426. The first-order chi connectivity index (χ1) is 19.4. The average Bonchev–Trinajstić information content (AvgIpc) is 3.68. The second-order valence-corrected chi connectivity index (χ2v) is 12.5.